The van der Waals surface area contributed by atoms with Gasteiger partial charge in [0.15, 0.2) is 28.7 Å². The number of anilines is 1. The lowest BCUT2D eigenvalue weighted by molar-refractivity contribution is -0.0973. The minimum absolute atomic E-state index is 0.0460. The summed E-state index contributed by atoms with van der Waals surface area (Å²) in [6.45, 7) is 3.96. The average Bonchev–Trinajstić information content (AvgIpc) is 3.29. The smallest absolute Gasteiger partial charge is 0.343 e. The van der Waals surface area contributed by atoms with Crippen molar-refractivity contribution >= 4 is 46.3 Å². The zero-order valence-corrected chi connectivity index (χ0v) is 24.4. The van der Waals surface area contributed by atoms with Gasteiger partial charge in [0.25, 0.3) is 10.1 Å². The number of aliphatic hydroxyl groups excluding tert-OH is 2. The molecular formula is C23H33ClN5O9PS. The summed E-state index contributed by atoms with van der Waals surface area (Å²) in [5.41, 5.74) is -0.514. The van der Waals surface area contributed by atoms with Gasteiger partial charge in [0.05, 0.1) is 12.9 Å². The Labute approximate surface area is 235 Å². The Morgan fingerprint density at radius 3 is 2.45 bits per heavy atom. The van der Waals surface area contributed by atoms with Crippen LogP contribution in [0.5, 0.6) is 0 Å². The minimum Gasteiger partial charge on any atom is -0.387 e. The first-order valence-electron chi connectivity index (χ1n) is 13.1. The van der Waals surface area contributed by atoms with Crippen molar-refractivity contribution < 1.29 is 41.9 Å². The van der Waals surface area contributed by atoms with Crippen molar-refractivity contribution in [2.45, 2.75) is 82.5 Å². The highest BCUT2D eigenvalue weighted by molar-refractivity contribution is 7.93. The SMILES string of the molecule is C[C@]12C[C@@H]3C[C@](C)(C1)C[C@@](Nc1nc(Cl)nc4c1ncn4C1OC(COS(=O)(=O)CP(=O)(O)O)C(O)C1O)(C3)C2. The zero-order chi connectivity index (χ0) is 28.9. The number of imidazole rings is 1. The monoisotopic (exact) mass is 621 g/mol. The average molecular weight is 622 g/mol. The molecule has 17 heteroatoms. The van der Waals surface area contributed by atoms with E-state index in [9.17, 15) is 23.2 Å². The predicted molar refractivity (Wildman–Crippen MR) is 142 cm³/mol. The van der Waals surface area contributed by atoms with E-state index in [-0.39, 0.29) is 27.3 Å². The molecule has 5 fully saturated rings. The van der Waals surface area contributed by atoms with Gasteiger partial charge in [0, 0.05) is 5.54 Å². The number of ether oxygens (including phenoxy) is 1. The zero-order valence-electron chi connectivity index (χ0n) is 22.0. The standard InChI is InChI=1S/C23H33ClN5O9PS/c1-21-3-12-4-22(2,7-21)9-23(5-12,8-21)28-17-14-18(27-20(24)26-17)29(10-25-14)19-16(31)15(30)13(38-19)6-37-40(35,36)11-39(32,33)34/h10,12-13,15-16,19,30-31H,3-9,11H2,1-2H3,(H,26,27,28)(H2,32,33,34)/t12-,13?,15?,16?,19?,21+,22-,23-. The Morgan fingerprint density at radius 1 is 1.15 bits per heavy atom. The summed E-state index contributed by atoms with van der Waals surface area (Å²) in [7, 11) is -9.52. The van der Waals surface area contributed by atoms with Crippen LogP contribution in [0.4, 0.5) is 5.82 Å². The molecule has 2 aromatic heterocycles. The number of hydrogen-bond acceptors (Lipinski definition) is 11. The quantitative estimate of drug-likeness (QED) is 0.162. The van der Waals surface area contributed by atoms with Crippen LogP contribution in [-0.4, -0.2) is 83.9 Å². The number of nitrogens with one attached hydrogen (secondary N) is 1. The Bertz CT molecular complexity index is 1480. The Morgan fingerprint density at radius 2 is 1.82 bits per heavy atom. The van der Waals surface area contributed by atoms with Crippen molar-refractivity contribution in [3.05, 3.63) is 11.6 Å². The van der Waals surface area contributed by atoms with Gasteiger partial charge in [-0.3, -0.25) is 13.3 Å². The molecule has 3 heterocycles. The molecule has 5 N–H and O–H groups in total. The topological polar surface area (TPSA) is 206 Å². The molecule has 8 atom stereocenters. The molecule has 14 nitrogen and oxygen atoms in total. The van der Waals surface area contributed by atoms with Gasteiger partial charge in [-0.15, -0.1) is 0 Å². The molecule has 7 rings (SSSR count). The molecule has 2 aromatic rings. The van der Waals surface area contributed by atoms with E-state index in [0.717, 1.165) is 19.3 Å². The summed E-state index contributed by atoms with van der Waals surface area (Å²) in [4.78, 5) is 31.1. The van der Waals surface area contributed by atoms with E-state index < -0.39 is 54.4 Å². The molecule has 0 aromatic carbocycles. The number of hydrogen-bond donors (Lipinski definition) is 5. The van der Waals surface area contributed by atoms with Crippen molar-refractivity contribution in [1.82, 2.24) is 19.5 Å². The van der Waals surface area contributed by atoms with Crippen LogP contribution in [0.3, 0.4) is 0 Å². The van der Waals surface area contributed by atoms with E-state index in [1.165, 1.54) is 30.2 Å². The maximum atomic E-state index is 11.9. The van der Waals surface area contributed by atoms with Gasteiger partial charge in [-0.05, 0) is 66.9 Å². The van der Waals surface area contributed by atoms with E-state index in [2.05, 4.69) is 38.3 Å². The third-order valence-corrected chi connectivity index (χ3v) is 12.0. The van der Waals surface area contributed by atoms with Crippen LogP contribution in [-0.2, 0) is 23.6 Å². The highest BCUT2D eigenvalue weighted by Crippen LogP contribution is 2.67. The van der Waals surface area contributed by atoms with Gasteiger partial charge in [-0.2, -0.15) is 18.4 Å². The van der Waals surface area contributed by atoms with Crippen LogP contribution in [0.25, 0.3) is 11.2 Å². The van der Waals surface area contributed by atoms with E-state index in [4.69, 9.17) is 26.1 Å². The fraction of sp³-hybridized carbons (Fsp3) is 0.783. The van der Waals surface area contributed by atoms with Gasteiger partial charge < -0.3 is 30.1 Å². The number of aromatic nitrogens is 4. The van der Waals surface area contributed by atoms with E-state index in [1.807, 2.05) is 0 Å². The lowest BCUT2D eigenvalue weighted by Gasteiger charge is -2.65. The van der Waals surface area contributed by atoms with Crippen LogP contribution < -0.4 is 5.32 Å². The Kier molecular flexibility index (Phi) is 6.66. The van der Waals surface area contributed by atoms with Crippen LogP contribution in [0.15, 0.2) is 6.33 Å². The molecule has 0 spiro atoms. The Balaban J connectivity index is 1.25. The van der Waals surface area contributed by atoms with Crippen LogP contribution in [0.1, 0.15) is 58.6 Å². The van der Waals surface area contributed by atoms with Gasteiger partial charge in [0.2, 0.25) is 5.28 Å². The normalized spacial score (nSPS) is 39.3. The highest BCUT2D eigenvalue weighted by Gasteiger charge is 2.60. The summed E-state index contributed by atoms with van der Waals surface area (Å²) in [6, 6.07) is 0. The first kappa shape index (κ1) is 28.7. The number of fused-ring (bicyclic) bond motifs is 1. The summed E-state index contributed by atoms with van der Waals surface area (Å²) in [6.07, 6.45) is 2.44. The maximum Gasteiger partial charge on any atom is 0.343 e. The minimum atomic E-state index is -4.90. The number of nitrogens with zero attached hydrogens (tertiary/aromatic N) is 4. The largest absolute Gasteiger partial charge is 0.387 e. The first-order chi connectivity index (χ1) is 18.5. The van der Waals surface area contributed by atoms with Gasteiger partial charge in [-0.1, -0.05) is 13.8 Å². The number of halogens is 1. The van der Waals surface area contributed by atoms with Crippen LogP contribution in [0.2, 0.25) is 5.28 Å². The molecule has 222 valence electrons. The van der Waals surface area contributed by atoms with E-state index >= 15 is 0 Å². The third kappa shape index (κ3) is 5.29. The highest BCUT2D eigenvalue weighted by atomic mass is 35.5. The molecule has 1 saturated heterocycles. The lowest BCUT2D eigenvalue weighted by Crippen LogP contribution is -2.61. The number of rotatable bonds is 8. The molecule has 0 radical (unpaired) electrons. The van der Waals surface area contributed by atoms with Gasteiger partial charge in [0.1, 0.15) is 18.3 Å². The van der Waals surface area contributed by atoms with E-state index in [0.29, 0.717) is 17.3 Å². The van der Waals surface area contributed by atoms with Gasteiger partial charge in [-0.25, -0.2) is 4.98 Å². The van der Waals surface area contributed by atoms with Crippen molar-refractivity contribution in [3.8, 4) is 0 Å². The fourth-order valence-electron chi connectivity index (χ4n) is 8.51. The summed E-state index contributed by atoms with van der Waals surface area (Å²) < 4.78 is 46.6. The second-order valence-corrected chi connectivity index (χ2v) is 16.9. The summed E-state index contributed by atoms with van der Waals surface area (Å²) >= 11 is 6.34. The van der Waals surface area contributed by atoms with Crippen LogP contribution >= 0.6 is 19.2 Å². The van der Waals surface area contributed by atoms with Crippen molar-refractivity contribution in [2.75, 3.05) is 17.4 Å². The van der Waals surface area contributed by atoms with Crippen molar-refractivity contribution in [2.24, 2.45) is 16.7 Å². The third-order valence-electron chi connectivity index (χ3n) is 8.75. The van der Waals surface area contributed by atoms with E-state index in [1.54, 1.807) is 0 Å². The molecule has 4 bridgehead atoms. The molecule has 4 aliphatic carbocycles. The molecule has 1 aliphatic heterocycles. The van der Waals surface area contributed by atoms with Crippen molar-refractivity contribution in [3.63, 3.8) is 0 Å². The maximum absolute atomic E-state index is 11.9. The molecule has 5 aliphatic rings. The Hall–Kier alpha value is -1.42. The molecule has 4 unspecified atom stereocenters. The first-order valence-corrected chi connectivity index (χ1v) is 16.8. The molecular weight excluding hydrogens is 589 g/mol. The predicted octanol–water partition coefficient (Wildman–Crippen LogP) is 1.74. The molecule has 0 amide bonds. The van der Waals surface area contributed by atoms with Crippen molar-refractivity contribution in [1.29, 1.82) is 0 Å². The fourth-order valence-corrected chi connectivity index (χ4v) is 11.0. The number of aliphatic hydroxyl groups is 2. The second kappa shape index (κ2) is 9.29. The summed E-state index contributed by atoms with van der Waals surface area (Å²) in [5.74, 6) is 1.11. The molecule has 4 saturated carbocycles. The lowest BCUT2D eigenvalue weighted by atomic mass is 9.43. The van der Waals surface area contributed by atoms with Crippen LogP contribution in [0, 0.1) is 16.7 Å². The summed E-state index contributed by atoms with van der Waals surface area (Å²) in [5, 5.41) is 24.9. The second-order valence-electron chi connectivity index (χ2n) is 12.9. The molecule has 40 heavy (non-hydrogen) atoms. The van der Waals surface area contributed by atoms with Gasteiger partial charge >= 0.3 is 7.60 Å².